The second-order valence-corrected chi connectivity index (χ2v) is 5.24. The normalized spacial score (nSPS) is 13.2. The highest BCUT2D eigenvalue weighted by Gasteiger charge is 2.24. The van der Waals surface area contributed by atoms with Gasteiger partial charge < -0.3 is 14.6 Å². The molecule has 0 saturated heterocycles. The third-order valence-electron chi connectivity index (χ3n) is 3.71. The van der Waals surface area contributed by atoms with Crippen LogP contribution in [0.25, 0.3) is 0 Å². The van der Waals surface area contributed by atoms with E-state index in [2.05, 4.69) is 5.32 Å². The van der Waals surface area contributed by atoms with Crippen molar-refractivity contribution in [3.05, 3.63) is 60.1 Å². The third kappa shape index (κ3) is 3.55. The zero-order valence-electron chi connectivity index (χ0n) is 12.9. The summed E-state index contributed by atoms with van der Waals surface area (Å²) in [5, 5.41) is 2.68. The van der Waals surface area contributed by atoms with E-state index in [0.29, 0.717) is 5.56 Å². The minimum Gasteiger partial charge on any atom is -0.472 e. The van der Waals surface area contributed by atoms with Gasteiger partial charge in [-0.3, -0.25) is 9.59 Å². The third-order valence-corrected chi connectivity index (χ3v) is 3.71. The fourth-order valence-corrected chi connectivity index (χ4v) is 2.19. The standard InChI is InChI=1S/C17H20N2O3/c1-12(18-16(20)15-9-10-22-11-15)17(21)19(3)13(2)14-7-5-4-6-8-14/h4-13H,1-3H3,(H,18,20). The molecule has 0 bridgehead atoms. The van der Waals surface area contributed by atoms with Gasteiger partial charge in [0, 0.05) is 7.05 Å². The highest BCUT2D eigenvalue weighted by atomic mass is 16.3. The molecule has 116 valence electrons. The molecule has 2 unspecified atom stereocenters. The minimum atomic E-state index is -0.612. The van der Waals surface area contributed by atoms with E-state index in [1.165, 1.54) is 12.5 Å². The number of rotatable bonds is 5. The lowest BCUT2D eigenvalue weighted by Crippen LogP contribution is -2.46. The summed E-state index contributed by atoms with van der Waals surface area (Å²) in [7, 11) is 1.74. The molecule has 1 aromatic carbocycles. The molecular weight excluding hydrogens is 280 g/mol. The van der Waals surface area contributed by atoms with Crippen LogP contribution >= 0.6 is 0 Å². The molecule has 0 aliphatic rings. The van der Waals surface area contributed by atoms with Crippen molar-refractivity contribution < 1.29 is 14.0 Å². The van der Waals surface area contributed by atoms with Gasteiger partial charge in [-0.15, -0.1) is 0 Å². The maximum Gasteiger partial charge on any atom is 0.255 e. The van der Waals surface area contributed by atoms with Crippen molar-refractivity contribution in [3.63, 3.8) is 0 Å². The number of likely N-dealkylation sites (N-methyl/N-ethyl adjacent to an activating group) is 1. The Bertz CT molecular complexity index is 623. The number of nitrogens with zero attached hydrogens (tertiary/aromatic N) is 1. The zero-order chi connectivity index (χ0) is 16.1. The molecule has 22 heavy (non-hydrogen) atoms. The van der Waals surface area contributed by atoms with Gasteiger partial charge in [-0.1, -0.05) is 30.3 Å². The minimum absolute atomic E-state index is 0.0676. The first kappa shape index (κ1) is 15.8. The molecule has 5 nitrogen and oxygen atoms in total. The second kappa shape index (κ2) is 6.93. The summed E-state index contributed by atoms with van der Waals surface area (Å²) >= 11 is 0. The Morgan fingerprint density at radius 3 is 2.41 bits per heavy atom. The van der Waals surface area contributed by atoms with Crippen LogP contribution in [0.3, 0.4) is 0 Å². The molecule has 2 rings (SSSR count). The molecule has 1 N–H and O–H groups in total. The van der Waals surface area contributed by atoms with E-state index in [1.54, 1.807) is 24.9 Å². The largest absolute Gasteiger partial charge is 0.472 e. The number of benzene rings is 1. The first-order valence-electron chi connectivity index (χ1n) is 7.15. The number of furan rings is 1. The lowest BCUT2D eigenvalue weighted by molar-refractivity contribution is -0.133. The highest BCUT2D eigenvalue weighted by molar-refractivity contribution is 5.97. The molecule has 0 aliphatic carbocycles. The summed E-state index contributed by atoms with van der Waals surface area (Å²) in [5.41, 5.74) is 1.45. The van der Waals surface area contributed by atoms with Crippen LogP contribution in [0.5, 0.6) is 0 Å². The van der Waals surface area contributed by atoms with Gasteiger partial charge in [-0.25, -0.2) is 0 Å². The molecule has 1 heterocycles. The first-order valence-corrected chi connectivity index (χ1v) is 7.15. The van der Waals surface area contributed by atoms with Gasteiger partial charge in [0.05, 0.1) is 17.9 Å². The van der Waals surface area contributed by atoms with Gasteiger partial charge in [0.2, 0.25) is 5.91 Å². The van der Waals surface area contributed by atoms with E-state index in [-0.39, 0.29) is 17.9 Å². The van der Waals surface area contributed by atoms with Crippen molar-refractivity contribution in [2.75, 3.05) is 7.05 Å². The smallest absolute Gasteiger partial charge is 0.255 e. The SMILES string of the molecule is CC(NC(=O)c1ccoc1)C(=O)N(C)C(C)c1ccccc1. The highest BCUT2D eigenvalue weighted by Crippen LogP contribution is 2.18. The molecule has 0 radical (unpaired) electrons. The first-order chi connectivity index (χ1) is 10.5. The van der Waals surface area contributed by atoms with Gasteiger partial charge >= 0.3 is 0 Å². The summed E-state index contributed by atoms with van der Waals surface area (Å²) in [6.07, 6.45) is 2.77. The Kier molecular flexibility index (Phi) is 4.99. The maximum absolute atomic E-state index is 12.5. The Morgan fingerprint density at radius 2 is 1.82 bits per heavy atom. The van der Waals surface area contributed by atoms with Crippen LogP contribution in [-0.4, -0.2) is 29.8 Å². The fourth-order valence-electron chi connectivity index (χ4n) is 2.19. The van der Waals surface area contributed by atoms with E-state index < -0.39 is 6.04 Å². The second-order valence-electron chi connectivity index (χ2n) is 5.24. The maximum atomic E-state index is 12.5. The van der Waals surface area contributed by atoms with Gasteiger partial charge in [-0.2, -0.15) is 0 Å². The van der Waals surface area contributed by atoms with Crippen LogP contribution in [0.1, 0.15) is 35.8 Å². The summed E-state index contributed by atoms with van der Waals surface area (Å²) in [5.74, 6) is -0.469. The monoisotopic (exact) mass is 300 g/mol. The number of nitrogens with one attached hydrogen (secondary N) is 1. The van der Waals surface area contributed by atoms with Crippen LogP contribution < -0.4 is 5.32 Å². The number of hydrogen-bond acceptors (Lipinski definition) is 3. The van der Waals surface area contributed by atoms with Crippen molar-refractivity contribution in [2.24, 2.45) is 0 Å². The number of amides is 2. The van der Waals surface area contributed by atoms with Gasteiger partial charge in [0.1, 0.15) is 12.3 Å². The fraction of sp³-hybridized carbons (Fsp3) is 0.294. The Balaban J connectivity index is 1.99. The van der Waals surface area contributed by atoms with Crippen LogP contribution in [0.15, 0.2) is 53.3 Å². The Labute approximate surface area is 129 Å². The van der Waals surface area contributed by atoms with E-state index in [0.717, 1.165) is 5.56 Å². The number of carbonyl (C=O) groups excluding carboxylic acids is 2. The average Bonchev–Trinajstić information content (AvgIpc) is 3.08. The Hall–Kier alpha value is -2.56. The molecular formula is C17H20N2O3. The van der Waals surface area contributed by atoms with E-state index in [1.807, 2.05) is 37.3 Å². The van der Waals surface area contributed by atoms with Crippen LogP contribution in [-0.2, 0) is 4.79 Å². The van der Waals surface area contributed by atoms with E-state index in [4.69, 9.17) is 4.42 Å². The predicted octanol–water partition coefficient (Wildman–Crippen LogP) is 2.62. The van der Waals surface area contributed by atoms with Crippen molar-refractivity contribution >= 4 is 11.8 Å². The van der Waals surface area contributed by atoms with E-state index in [9.17, 15) is 9.59 Å². The van der Waals surface area contributed by atoms with Crippen molar-refractivity contribution in [1.29, 1.82) is 0 Å². The lowest BCUT2D eigenvalue weighted by Gasteiger charge is -2.28. The quantitative estimate of drug-likeness (QED) is 0.923. The molecule has 0 fully saturated rings. The molecule has 0 saturated carbocycles. The van der Waals surface area contributed by atoms with Crippen molar-refractivity contribution in [3.8, 4) is 0 Å². The van der Waals surface area contributed by atoms with Gasteiger partial charge in [-0.05, 0) is 25.5 Å². The van der Waals surface area contributed by atoms with Crippen LogP contribution in [0, 0.1) is 0 Å². The molecule has 0 spiro atoms. The topological polar surface area (TPSA) is 62.6 Å². The van der Waals surface area contributed by atoms with Crippen molar-refractivity contribution in [1.82, 2.24) is 10.2 Å². The van der Waals surface area contributed by atoms with Crippen molar-refractivity contribution in [2.45, 2.75) is 25.9 Å². The summed E-state index contributed by atoms with van der Waals surface area (Å²) in [6.45, 7) is 3.63. The summed E-state index contributed by atoms with van der Waals surface area (Å²) in [4.78, 5) is 26.0. The van der Waals surface area contributed by atoms with Crippen LogP contribution in [0.2, 0.25) is 0 Å². The lowest BCUT2D eigenvalue weighted by atomic mass is 10.1. The average molecular weight is 300 g/mol. The molecule has 2 atom stereocenters. The molecule has 5 heteroatoms. The van der Waals surface area contributed by atoms with Crippen LogP contribution in [0.4, 0.5) is 0 Å². The summed E-state index contributed by atoms with van der Waals surface area (Å²) in [6, 6.07) is 10.6. The molecule has 0 aliphatic heterocycles. The Morgan fingerprint density at radius 1 is 1.14 bits per heavy atom. The predicted molar refractivity (Wildman–Crippen MR) is 83.3 cm³/mol. The van der Waals surface area contributed by atoms with Gasteiger partial charge in [0.15, 0.2) is 0 Å². The number of carbonyl (C=O) groups is 2. The molecule has 2 aromatic rings. The molecule has 1 aromatic heterocycles. The van der Waals surface area contributed by atoms with E-state index >= 15 is 0 Å². The zero-order valence-corrected chi connectivity index (χ0v) is 12.9. The molecule has 2 amide bonds. The van der Waals surface area contributed by atoms with Gasteiger partial charge in [0.25, 0.3) is 5.91 Å². The number of hydrogen-bond donors (Lipinski definition) is 1. The summed E-state index contributed by atoms with van der Waals surface area (Å²) < 4.78 is 4.87.